The molecule has 1 atom stereocenters. The number of nitrogens with one attached hydrogen (secondary N) is 3. The molecular weight excluding hydrogens is 452 g/mol. The van der Waals surface area contributed by atoms with Crippen molar-refractivity contribution in [3.05, 3.63) is 36.0 Å². The maximum Gasteiger partial charge on any atom is 0.408 e. The van der Waals surface area contributed by atoms with E-state index in [1.807, 2.05) is 36.3 Å². The zero-order valence-electron chi connectivity index (χ0n) is 21.4. The van der Waals surface area contributed by atoms with E-state index in [0.717, 1.165) is 54.2 Å². The Bertz CT molecular complexity index is 1080. The van der Waals surface area contributed by atoms with Crippen molar-refractivity contribution in [1.82, 2.24) is 20.7 Å². The summed E-state index contributed by atoms with van der Waals surface area (Å²) in [5.41, 5.74) is 4.03. The predicted molar refractivity (Wildman–Crippen MR) is 139 cm³/mol. The van der Waals surface area contributed by atoms with E-state index in [-0.39, 0.29) is 12.0 Å². The molecule has 1 aliphatic heterocycles. The predicted octanol–water partition coefficient (Wildman–Crippen LogP) is 4.93. The number of hydrogen-bond acceptors (Lipinski definition) is 4. The third kappa shape index (κ3) is 4.74. The smallest absolute Gasteiger partial charge is 0.408 e. The fourth-order valence-electron chi connectivity index (χ4n) is 7.74. The number of alkyl carbamates (subject to hydrolysis) is 1. The second-order valence-corrected chi connectivity index (χ2v) is 12.1. The van der Waals surface area contributed by atoms with E-state index >= 15 is 0 Å². The van der Waals surface area contributed by atoms with Crippen molar-refractivity contribution in [2.75, 3.05) is 13.1 Å². The van der Waals surface area contributed by atoms with Gasteiger partial charge in [-0.1, -0.05) is 31.0 Å². The highest BCUT2D eigenvalue weighted by atomic mass is 16.6. The van der Waals surface area contributed by atoms with Crippen molar-refractivity contribution in [1.29, 1.82) is 0 Å². The van der Waals surface area contributed by atoms with E-state index in [1.165, 1.54) is 44.9 Å². The van der Waals surface area contributed by atoms with E-state index in [2.05, 4.69) is 21.8 Å². The highest BCUT2D eigenvalue weighted by Gasteiger charge is 2.50. The first-order valence-corrected chi connectivity index (χ1v) is 14.1. The zero-order valence-corrected chi connectivity index (χ0v) is 21.4. The summed E-state index contributed by atoms with van der Waals surface area (Å²) in [7, 11) is 0. The summed E-state index contributed by atoms with van der Waals surface area (Å²) in [6, 6.07) is 8.08. The minimum atomic E-state index is -1.14. The first-order valence-electron chi connectivity index (χ1n) is 14.1. The van der Waals surface area contributed by atoms with Gasteiger partial charge in [0.05, 0.1) is 0 Å². The van der Waals surface area contributed by atoms with Gasteiger partial charge in [-0.05, 0) is 87.2 Å². The number of H-pyrrole nitrogens is 1. The van der Waals surface area contributed by atoms with Crippen molar-refractivity contribution in [3.8, 4) is 0 Å². The Morgan fingerprint density at radius 3 is 2.36 bits per heavy atom. The van der Waals surface area contributed by atoms with Crippen molar-refractivity contribution < 1.29 is 14.3 Å². The van der Waals surface area contributed by atoms with Crippen LogP contribution in [0, 0.1) is 23.7 Å². The maximum absolute atomic E-state index is 13.7. The normalized spacial score (nSPS) is 31.5. The molecule has 7 rings (SSSR count). The maximum atomic E-state index is 13.7. The third-order valence-electron chi connectivity index (χ3n) is 9.35. The van der Waals surface area contributed by atoms with Crippen LogP contribution in [0.3, 0.4) is 0 Å². The van der Waals surface area contributed by atoms with Gasteiger partial charge in [-0.15, -0.1) is 0 Å². The lowest BCUT2D eigenvalue weighted by Gasteiger charge is -2.53. The second kappa shape index (κ2) is 9.73. The van der Waals surface area contributed by atoms with Gasteiger partial charge in [0, 0.05) is 36.6 Å². The minimum absolute atomic E-state index is 0.0104. The Balaban J connectivity index is 1.20. The molecule has 4 saturated carbocycles. The number of benzene rings is 1. The molecular formula is C29H40N4O3. The van der Waals surface area contributed by atoms with Gasteiger partial charge in [0.15, 0.2) is 0 Å². The molecule has 7 heteroatoms. The van der Waals surface area contributed by atoms with Crippen LogP contribution >= 0.6 is 0 Å². The Labute approximate surface area is 213 Å². The summed E-state index contributed by atoms with van der Waals surface area (Å²) in [6.07, 6.45) is 12.5. The molecule has 7 nitrogen and oxygen atoms in total. The number of carbonyl (C=O) groups is 2. The number of nitrogens with zero attached hydrogens (tertiary/aromatic N) is 1. The van der Waals surface area contributed by atoms with Crippen molar-refractivity contribution in [2.45, 2.75) is 82.8 Å². The highest BCUT2D eigenvalue weighted by Crippen LogP contribution is 2.54. The number of aromatic amines is 1. The van der Waals surface area contributed by atoms with Crippen LogP contribution in [-0.4, -0.2) is 46.7 Å². The number of aromatic nitrogens is 1. The molecule has 2 aromatic rings. The number of hydrazine groups is 1. The monoisotopic (exact) mass is 492 g/mol. The number of para-hydroxylation sites is 1. The van der Waals surface area contributed by atoms with Gasteiger partial charge in [0.1, 0.15) is 11.6 Å². The van der Waals surface area contributed by atoms with E-state index in [9.17, 15) is 9.59 Å². The van der Waals surface area contributed by atoms with Crippen molar-refractivity contribution >= 4 is 22.9 Å². The van der Waals surface area contributed by atoms with Gasteiger partial charge < -0.3 is 15.0 Å². The fourth-order valence-corrected chi connectivity index (χ4v) is 7.74. The summed E-state index contributed by atoms with van der Waals surface area (Å²) in [6.45, 7) is 3.51. The molecule has 0 radical (unpaired) electrons. The standard InChI is InChI=1S/C29H40N4O3/c1-29(27(34)32-33-10-6-2-3-7-11-33,17-23-18-30-25-9-5-4-8-24(23)25)31-28(35)36-26-21-13-19-12-20(15-21)16-22(26)14-19/h4-5,8-9,18-22,26,30H,2-3,6-7,10-17H2,1H3,(H,31,35)(H,32,34)/t19?,20?,21?,22?,26?,29-/m1/s1. The number of ether oxygens (including phenoxy) is 1. The quantitative estimate of drug-likeness (QED) is 0.534. The summed E-state index contributed by atoms with van der Waals surface area (Å²) >= 11 is 0. The van der Waals surface area contributed by atoms with Gasteiger partial charge in [-0.25, -0.2) is 9.80 Å². The van der Waals surface area contributed by atoms with Crippen LogP contribution in [0.5, 0.6) is 0 Å². The highest BCUT2D eigenvalue weighted by molar-refractivity contribution is 5.91. The van der Waals surface area contributed by atoms with Crippen LogP contribution < -0.4 is 10.7 Å². The van der Waals surface area contributed by atoms with Crippen LogP contribution in [0.25, 0.3) is 10.9 Å². The molecule has 5 aliphatic rings. The number of rotatable bonds is 6. The number of amides is 2. The number of hydrogen-bond donors (Lipinski definition) is 3. The van der Waals surface area contributed by atoms with Crippen LogP contribution in [0.15, 0.2) is 30.5 Å². The average molecular weight is 493 g/mol. The lowest BCUT2D eigenvalue weighted by molar-refractivity contribution is -0.132. The van der Waals surface area contributed by atoms with E-state index in [1.54, 1.807) is 0 Å². The third-order valence-corrected chi connectivity index (χ3v) is 9.35. The first-order chi connectivity index (χ1) is 17.5. The second-order valence-electron chi connectivity index (χ2n) is 12.1. The Hall–Kier alpha value is -2.54. The zero-order chi connectivity index (χ0) is 24.7. The van der Waals surface area contributed by atoms with Gasteiger partial charge >= 0.3 is 6.09 Å². The lowest BCUT2D eigenvalue weighted by atomic mass is 9.55. The topological polar surface area (TPSA) is 86.5 Å². The molecule has 4 bridgehead atoms. The first kappa shape index (κ1) is 23.8. The molecule has 1 aromatic heterocycles. The van der Waals surface area contributed by atoms with E-state index < -0.39 is 11.6 Å². The van der Waals surface area contributed by atoms with Crippen molar-refractivity contribution in [2.24, 2.45) is 23.7 Å². The summed E-state index contributed by atoms with van der Waals surface area (Å²) in [5, 5.41) is 6.14. The molecule has 4 aliphatic carbocycles. The van der Waals surface area contributed by atoms with Gasteiger partial charge in [0.25, 0.3) is 5.91 Å². The van der Waals surface area contributed by atoms with Gasteiger partial charge in [0.2, 0.25) is 0 Å². The van der Waals surface area contributed by atoms with Gasteiger partial charge in [-0.3, -0.25) is 10.2 Å². The molecule has 1 saturated heterocycles. The number of carbonyl (C=O) groups excluding carboxylic acids is 2. The Morgan fingerprint density at radius 2 is 1.67 bits per heavy atom. The fraction of sp³-hybridized carbons (Fsp3) is 0.655. The molecule has 3 N–H and O–H groups in total. The summed E-state index contributed by atoms with van der Waals surface area (Å²) < 4.78 is 6.14. The molecule has 1 aromatic carbocycles. The molecule has 194 valence electrons. The number of fused-ring (bicyclic) bond motifs is 1. The molecule has 36 heavy (non-hydrogen) atoms. The van der Waals surface area contributed by atoms with Gasteiger partial charge in [-0.2, -0.15) is 0 Å². The van der Waals surface area contributed by atoms with Crippen LogP contribution in [-0.2, 0) is 16.0 Å². The van der Waals surface area contributed by atoms with Crippen LogP contribution in [0.4, 0.5) is 4.79 Å². The molecule has 0 unspecified atom stereocenters. The molecule has 2 amide bonds. The Kier molecular flexibility index (Phi) is 6.44. The van der Waals surface area contributed by atoms with E-state index in [4.69, 9.17) is 4.74 Å². The van der Waals surface area contributed by atoms with E-state index in [0.29, 0.717) is 18.3 Å². The minimum Gasteiger partial charge on any atom is -0.446 e. The molecule has 5 fully saturated rings. The van der Waals surface area contributed by atoms with Crippen LogP contribution in [0.1, 0.15) is 70.3 Å². The van der Waals surface area contributed by atoms with Crippen molar-refractivity contribution in [3.63, 3.8) is 0 Å². The molecule has 0 spiro atoms. The SMILES string of the molecule is C[C@](Cc1c[nH]c2ccccc12)(NC(=O)OC1C2CC3CC(C2)CC1C3)C(=O)NN1CCCCCC1. The van der Waals surface area contributed by atoms with Crippen LogP contribution in [0.2, 0.25) is 0 Å². The average Bonchev–Trinajstić information content (AvgIpc) is 3.06. The largest absolute Gasteiger partial charge is 0.446 e. The summed E-state index contributed by atoms with van der Waals surface area (Å²) in [4.78, 5) is 30.4. The molecule has 2 heterocycles. The summed E-state index contributed by atoms with van der Waals surface area (Å²) in [5.74, 6) is 2.43. The lowest BCUT2D eigenvalue weighted by Crippen LogP contribution is -2.62. The Morgan fingerprint density at radius 1 is 1.00 bits per heavy atom.